The molecule has 3 rings (SSSR count). The quantitative estimate of drug-likeness (QED) is 0.679. The van der Waals surface area contributed by atoms with Gasteiger partial charge in [-0.1, -0.05) is 24.3 Å². The number of rotatable bonds is 6. The van der Waals surface area contributed by atoms with Crippen molar-refractivity contribution in [2.24, 2.45) is 5.92 Å². The molecule has 8 heteroatoms. The van der Waals surface area contributed by atoms with Crippen LogP contribution in [0.5, 0.6) is 0 Å². The lowest BCUT2D eigenvalue weighted by Crippen LogP contribution is -2.73. The number of allylic oxidation sites excluding steroid dienone is 4. The van der Waals surface area contributed by atoms with Gasteiger partial charge in [0.1, 0.15) is 17.2 Å². The SMILES string of the molecule is CC1=CS[C@@H]2[C@H](NC(=O)CCC(=O)C3C=CC=C3)C(=O)N2[C@H]1C(=O)O. The zero-order chi connectivity index (χ0) is 18.1. The van der Waals surface area contributed by atoms with Crippen LogP contribution in [0.2, 0.25) is 0 Å². The molecule has 132 valence electrons. The molecule has 25 heavy (non-hydrogen) atoms. The van der Waals surface area contributed by atoms with Gasteiger partial charge in [0.2, 0.25) is 11.8 Å². The van der Waals surface area contributed by atoms with E-state index < -0.39 is 29.3 Å². The first kappa shape index (κ1) is 17.5. The highest BCUT2D eigenvalue weighted by atomic mass is 32.2. The normalized spacial score (nSPS) is 27.6. The number of carboxylic acids is 1. The van der Waals surface area contributed by atoms with Crippen LogP contribution in [0.15, 0.2) is 35.3 Å². The fourth-order valence-electron chi connectivity index (χ4n) is 3.11. The van der Waals surface area contributed by atoms with E-state index in [1.54, 1.807) is 36.6 Å². The van der Waals surface area contributed by atoms with Crippen LogP contribution in [0, 0.1) is 5.92 Å². The van der Waals surface area contributed by atoms with Crippen molar-refractivity contribution in [3.63, 3.8) is 0 Å². The van der Waals surface area contributed by atoms with Gasteiger partial charge >= 0.3 is 5.97 Å². The third kappa shape index (κ3) is 3.26. The van der Waals surface area contributed by atoms with Gasteiger partial charge < -0.3 is 15.3 Å². The lowest BCUT2D eigenvalue weighted by atomic mass is 9.98. The maximum atomic E-state index is 12.3. The highest BCUT2D eigenvalue weighted by Crippen LogP contribution is 2.39. The van der Waals surface area contributed by atoms with Gasteiger partial charge in [-0.25, -0.2) is 4.79 Å². The Labute approximate surface area is 148 Å². The van der Waals surface area contributed by atoms with E-state index >= 15 is 0 Å². The summed E-state index contributed by atoms with van der Waals surface area (Å²) >= 11 is 1.32. The molecule has 0 aromatic rings. The molecular weight excluding hydrogens is 344 g/mol. The summed E-state index contributed by atoms with van der Waals surface area (Å²) in [5.74, 6) is -2.18. The maximum absolute atomic E-state index is 12.3. The van der Waals surface area contributed by atoms with E-state index in [2.05, 4.69) is 5.32 Å². The van der Waals surface area contributed by atoms with E-state index in [9.17, 15) is 24.3 Å². The topological polar surface area (TPSA) is 104 Å². The standard InChI is InChI=1S/C17H18N2O5S/c1-9-8-25-16-13(15(22)19(16)14(9)17(23)24)18-12(21)7-6-11(20)10-4-2-3-5-10/h2-5,8,10,13-14,16H,6-7H2,1H3,(H,18,21)(H,23,24)/t13-,14-,16-/m1/s1. The van der Waals surface area contributed by atoms with Gasteiger partial charge in [0.25, 0.3) is 0 Å². The van der Waals surface area contributed by atoms with Crippen LogP contribution in [-0.2, 0) is 19.2 Å². The average Bonchev–Trinajstić information content (AvgIpc) is 3.11. The minimum Gasteiger partial charge on any atom is -0.479 e. The number of nitrogens with one attached hydrogen (secondary N) is 1. The third-order valence-electron chi connectivity index (χ3n) is 4.45. The number of fused-ring (bicyclic) bond motifs is 1. The van der Waals surface area contributed by atoms with Gasteiger partial charge in [-0.05, 0) is 17.9 Å². The molecule has 3 atom stereocenters. The van der Waals surface area contributed by atoms with Crippen molar-refractivity contribution in [1.29, 1.82) is 0 Å². The lowest BCUT2D eigenvalue weighted by Gasteiger charge is -2.51. The molecule has 2 amide bonds. The van der Waals surface area contributed by atoms with Crippen LogP contribution in [-0.4, -0.2) is 51.0 Å². The number of hydrogen-bond acceptors (Lipinski definition) is 5. The highest BCUT2D eigenvalue weighted by Gasteiger charge is 2.55. The Hall–Kier alpha value is -2.35. The first-order valence-corrected chi connectivity index (χ1v) is 8.88. The van der Waals surface area contributed by atoms with Gasteiger partial charge in [-0.3, -0.25) is 14.4 Å². The van der Waals surface area contributed by atoms with Crippen LogP contribution in [0.3, 0.4) is 0 Å². The van der Waals surface area contributed by atoms with Gasteiger partial charge in [0.05, 0.1) is 5.92 Å². The van der Waals surface area contributed by atoms with Gasteiger partial charge in [0.15, 0.2) is 6.04 Å². The maximum Gasteiger partial charge on any atom is 0.330 e. The van der Waals surface area contributed by atoms with Crippen LogP contribution >= 0.6 is 11.8 Å². The van der Waals surface area contributed by atoms with Crippen molar-refractivity contribution in [2.75, 3.05) is 0 Å². The van der Waals surface area contributed by atoms with E-state index in [0.29, 0.717) is 5.57 Å². The first-order valence-electron chi connectivity index (χ1n) is 7.94. The number of amides is 2. The van der Waals surface area contributed by atoms with Crippen LogP contribution in [0.4, 0.5) is 0 Å². The molecule has 0 aromatic carbocycles. The summed E-state index contributed by atoms with van der Waals surface area (Å²) in [7, 11) is 0. The molecule has 2 N–H and O–H groups in total. The molecule has 1 saturated heterocycles. The van der Waals surface area contributed by atoms with Crippen molar-refractivity contribution >= 4 is 35.3 Å². The van der Waals surface area contributed by atoms with E-state index in [4.69, 9.17) is 0 Å². The summed E-state index contributed by atoms with van der Waals surface area (Å²) in [6, 6.07) is -1.72. The Kier molecular flexibility index (Phi) is 4.80. The molecule has 0 spiro atoms. The van der Waals surface area contributed by atoms with Crippen LogP contribution in [0.1, 0.15) is 19.8 Å². The minimum absolute atomic E-state index is 0.00933. The summed E-state index contributed by atoms with van der Waals surface area (Å²) in [6.07, 6.45) is 7.23. The van der Waals surface area contributed by atoms with E-state index in [1.165, 1.54) is 16.7 Å². The molecule has 0 radical (unpaired) electrons. The predicted octanol–water partition coefficient (Wildman–Crippen LogP) is 0.835. The van der Waals surface area contributed by atoms with Crippen molar-refractivity contribution in [3.8, 4) is 0 Å². The van der Waals surface area contributed by atoms with Gasteiger partial charge in [0, 0.05) is 12.8 Å². The molecule has 2 aliphatic heterocycles. The Morgan fingerprint density at radius 2 is 1.92 bits per heavy atom. The molecule has 2 heterocycles. The molecule has 0 saturated carbocycles. The Morgan fingerprint density at radius 1 is 1.24 bits per heavy atom. The molecule has 1 aliphatic carbocycles. The first-order chi connectivity index (χ1) is 11.9. The monoisotopic (exact) mass is 362 g/mol. The van der Waals surface area contributed by atoms with Crippen molar-refractivity contribution in [2.45, 2.75) is 37.2 Å². The highest BCUT2D eigenvalue weighted by molar-refractivity contribution is 8.02. The second kappa shape index (κ2) is 6.87. The number of β-lactam (4-membered cyclic amide) rings is 1. The third-order valence-corrected chi connectivity index (χ3v) is 5.74. The Morgan fingerprint density at radius 3 is 2.56 bits per heavy atom. The molecule has 0 aromatic heterocycles. The average molecular weight is 362 g/mol. The van der Waals surface area contributed by atoms with Gasteiger partial charge in [-0.2, -0.15) is 0 Å². The number of ketones is 1. The van der Waals surface area contributed by atoms with Crippen LogP contribution < -0.4 is 5.32 Å². The molecular formula is C17H18N2O5S. The minimum atomic E-state index is -1.08. The van der Waals surface area contributed by atoms with Crippen molar-refractivity contribution in [1.82, 2.24) is 10.2 Å². The second-order valence-electron chi connectivity index (χ2n) is 6.18. The second-order valence-corrected chi connectivity index (χ2v) is 7.17. The summed E-state index contributed by atoms with van der Waals surface area (Å²) in [5, 5.41) is 13.2. The number of aliphatic carboxylic acids is 1. The van der Waals surface area contributed by atoms with Crippen LogP contribution in [0.25, 0.3) is 0 Å². The molecule has 3 aliphatic rings. The van der Waals surface area contributed by atoms with Crippen molar-refractivity contribution in [3.05, 3.63) is 35.3 Å². The zero-order valence-corrected chi connectivity index (χ0v) is 14.4. The summed E-state index contributed by atoms with van der Waals surface area (Å²) in [6.45, 7) is 1.67. The number of nitrogens with zero attached hydrogens (tertiary/aromatic N) is 1. The molecule has 0 bridgehead atoms. The molecule has 1 fully saturated rings. The van der Waals surface area contributed by atoms with Crippen molar-refractivity contribution < 1.29 is 24.3 Å². The summed E-state index contributed by atoms with van der Waals surface area (Å²) in [5.41, 5.74) is 0.593. The number of carboxylic acid groups (broad SMARTS) is 1. The molecule has 0 unspecified atom stereocenters. The van der Waals surface area contributed by atoms with E-state index in [1.807, 2.05) is 0 Å². The number of carbonyl (C=O) groups is 4. The fourth-order valence-corrected chi connectivity index (χ4v) is 4.29. The lowest BCUT2D eigenvalue weighted by molar-refractivity contribution is -0.160. The fraction of sp³-hybridized carbons (Fsp3) is 0.412. The smallest absolute Gasteiger partial charge is 0.330 e. The Bertz CT molecular complexity index is 715. The number of thioether (sulfide) groups is 1. The zero-order valence-electron chi connectivity index (χ0n) is 13.5. The van der Waals surface area contributed by atoms with E-state index in [0.717, 1.165) is 0 Å². The number of carbonyl (C=O) groups excluding carboxylic acids is 3. The predicted molar refractivity (Wildman–Crippen MR) is 91.3 cm³/mol. The number of Topliss-reactive ketones (excluding diaryl/α,β-unsaturated/α-hetero) is 1. The van der Waals surface area contributed by atoms with Gasteiger partial charge in [-0.15, -0.1) is 11.8 Å². The summed E-state index contributed by atoms with van der Waals surface area (Å²) < 4.78 is 0. The summed E-state index contributed by atoms with van der Waals surface area (Å²) in [4.78, 5) is 48.9. The Balaban J connectivity index is 1.54. The largest absolute Gasteiger partial charge is 0.479 e. The number of hydrogen-bond donors (Lipinski definition) is 2. The molecule has 7 nitrogen and oxygen atoms in total. The van der Waals surface area contributed by atoms with E-state index in [-0.39, 0.29) is 30.4 Å².